The Kier molecular flexibility index (Phi) is 4.54. The molecule has 0 aromatic carbocycles. The molecule has 1 aromatic heterocycles. The molecule has 4 heteroatoms. The molecule has 0 aliphatic heterocycles. The Morgan fingerprint density at radius 1 is 1.50 bits per heavy atom. The molecule has 1 aliphatic rings. The molecular weight excluding hydrogens is 224 g/mol. The van der Waals surface area contributed by atoms with Crippen molar-refractivity contribution >= 4 is 5.69 Å². The van der Waals surface area contributed by atoms with Crippen LogP contribution in [-0.4, -0.2) is 36.1 Å². The highest BCUT2D eigenvalue weighted by molar-refractivity contribution is 5.55. The summed E-state index contributed by atoms with van der Waals surface area (Å²) >= 11 is 0. The lowest BCUT2D eigenvalue weighted by Gasteiger charge is -2.24. The number of nitrogens with zero attached hydrogens (tertiary/aromatic N) is 3. The van der Waals surface area contributed by atoms with Crippen molar-refractivity contribution in [1.29, 1.82) is 5.26 Å². The fourth-order valence-electron chi connectivity index (χ4n) is 2.53. The highest BCUT2D eigenvalue weighted by Gasteiger charge is 2.18. The fourth-order valence-corrected chi connectivity index (χ4v) is 2.53. The van der Waals surface area contributed by atoms with E-state index >= 15 is 0 Å². The summed E-state index contributed by atoms with van der Waals surface area (Å²) in [5.74, 6) is 0. The Labute approximate surface area is 109 Å². The number of hydrogen-bond acceptors (Lipinski definition) is 4. The summed E-state index contributed by atoms with van der Waals surface area (Å²) in [6, 6.07) is 4.66. The summed E-state index contributed by atoms with van der Waals surface area (Å²) in [5.41, 5.74) is 1.49. The summed E-state index contributed by atoms with van der Waals surface area (Å²) in [4.78, 5) is 6.46. The van der Waals surface area contributed by atoms with Gasteiger partial charge >= 0.3 is 0 Å². The molecule has 0 unspecified atom stereocenters. The predicted molar refractivity (Wildman–Crippen MR) is 72.3 cm³/mol. The minimum atomic E-state index is 0.661. The Morgan fingerprint density at radius 2 is 2.28 bits per heavy atom. The van der Waals surface area contributed by atoms with Crippen LogP contribution in [-0.2, 0) is 0 Å². The third kappa shape index (κ3) is 3.21. The van der Waals surface area contributed by atoms with Gasteiger partial charge in [-0.25, -0.2) is 0 Å². The van der Waals surface area contributed by atoms with Gasteiger partial charge in [-0.1, -0.05) is 12.8 Å². The van der Waals surface area contributed by atoms with Crippen molar-refractivity contribution in [3.05, 3.63) is 24.0 Å². The molecule has 1 saturated carbocycles. The third-order valence-corrected chi connectivity index (χ3v) is 3.67. The van der Waals surface area contributed by atoms with Crippen LogP contribution in [0.4, 0.5) is 5.69 Å². The molecular formula is C14H20N4. The lowest BCUT2D eigenvalue weighted by Crippen LogP contribution is -2.33. The van der Waals surface area contributed by atoms with Gasteiger partial charge in [-0.3, -0.25) is 4.98 Å². The molecule has 1 aliphatic carbocycles. The molecule has 0 spiro atoms. The molecule has 96 valence electrons. The Hall–Kier alpha value is -1.60. The summed E-state index contributed by atoms with van der Waals surface area (Å²) in [5, 5.41) is 12.3. The van der Waals surface area contributed by atoms with Gasteiger partial charge in [0, 0.05) is 25.3 Å². The van der Waals surface area contributed by atoms with Gasteiger partial charge in [0.15, 0.2) is 0 Å². The maximum absolute atomic E-state index is 8.97. The van der Waals surface area contributed by atoms with Crippen molar-refractivity contribution in [2.45, 2.75) is 31.7 Å². The van der Waals surface area contributed by atoms with Gasteiger partial charge in [-0.05, 0) is 26.0 Å². The molecule has 0 bridgehead atoms. The highest BCUT2D eigenvalue weighted by Crippen LogP contribution is 2.22. The van der Waals surface area contributed by atoms with E-state index in [9.17, 15) is 0 Å². The normalized spacial score (nSPS) is 15.8. The van der Waals surface area contributed by atoms with E-state index in [0.29, 0.717) is 5.56 Å². The van der Waals surface area contributed by atoms with Crippen LogP contribution in [0.25, 0.3) is 0 Å². The smallest absolute Gasteiger partial charge is 0.101 e. The van der Waals surface area contributed by atoms with E-state index in [1.54, 1.807) is 18.5 Å². The van der Waals surface area contributed by atoms with Crippen molar-refractivity contribution in [3.63, 3.8) is 0 Å². The van der Waals surface area contributed by atoms with E-state index in [0.717, 1.165) is 24.8 Å². The van der Waals surface area contributed by atoms with E-state index in [2.05, 4.69) is 28.3 Å². The topological polar surface area (TPSA) is 52.0 Å². The second-order valence-electron chi connectivity index (χ2n) is 4.88. The minimum absolute atomic E-state index is 0.661. The summed E-state index contributed by atoms with van der Waals surface area (Å²) in [6.07, 6.45) is 8.75. The number of rotatable bonds is 5. The Bertz CT molecular complexity index is 418. The quantitative estimate of drug-likeness (QED) is 0.863. The first-order valence-corrected chi connectivity index (χ1v) is 6.59. The average molecular weight is 244 g/mol. The van der Waals surface area contributed by atoms with Crippen LogP contribution >= 0.6 is 0 Å². The van der Waals surface area contributed by atoms with E-state index in [1.807, 2.05) is 0 Å². The zero-order valence-electron chi connectivity index (χ0n) is 10.9. The van der Waals surface area contributed by atoms with Gasteiger partial charge in [0.05, 0.1) is 17.4 Å². The van der Waals surface area contributed by atoms with Crippen molar-refractivity contribution in [3.8, 4) is 6.07 Å². The number of pyridine rings is 1. The predicted octanol–water partition coefficient (Wildman–Crippen LogP) is 2.24. The van der Waals surface area contributed by atoms with Crippen molar-refractivity contribution in [1.82, 2.24) is 9.88 Å². The molecule has 0 amide bonds. The molecule has 2 rings (SSSR count). The second-order valence-corrected chi connectivity index (χ2v) is 4.88. The van der Waals surface area contributed by atoms with Gasteiger partial charge in [0.25, 0.3) is 0 Å². The standard InChI is InChI=1S/C14H20N4/c1-18(13-4-2-3-5-13)9-8-17-14-11-16-7-6-12(14)10-15/h6-7,11,13,17H,2-5,8-9H2,1H3. The maximum atomic E-state index is 8.97. The van der Waals surface area contributed by atoms with Gasteiger partial charge < -0.3 is 10.2 Å². The van der Waals surface area contributed by atoms with E-state index in [-0.39, 0.29) is 0 Å². The molecule has 18 heavy (non-hydrogen) atoms. The Balaban J connectivity index is 1.79. The maximum Gasteiger partial charge on any atom is 0.101 e. The summed E-state index contributed by atoms with van der Waals surface area (Å²) < 4.78 is 0. The molecule has 0 radical (unpaired) electrons. The number of hydrogen-bond donors (Lipinski definition) is 1. The second kappa shape index (κ2) is 6.36. The molecule has 0 saturated heterocycles. The summed E-state index contributed by atoms with van der Waals surface area (Å²) in [6.45, 7) is 1.86. The summed E-state index contributed by atoms with van der Waals surface area (Å²) in [7, 11) is 2.19. The number of nitrogens with one attached hydrogen (secondary N) is 1. The molecule has 1 aromatic rings. The minimum Gasteiger partial charge on any atom is -0.381 e. The van der Waals surface area contributed by atoms with Crippen molar-refractivity contribution in [2.75, 3.05) is 25.5 Å². The van der Waals surface area contributed by atoms with Gasteiger partial charge in [0.1, 0.15) is 6.07 Å². The van der Waals surface area contributed by atoms with Crippen LogP contribution in [0.5, 0.6) is 0 Å². The third-order valence-electron chi connectivity index (χ3n) is 3.67. The van der Waals surface area contributed by atoms with Crippen molar-refractivity contribution in [2.24, 2.45) is 0 Å². The zero-order valence-corrected chi connectivity index (χ0v) is 10.9. The van der Waals surface area contributed by atoms with Crippen LogP contribution in [0, 0.1) is 11.3 Å². The number of nitriles is 1. The first kappa shape index (κ1) is 12.8. The van der Waals surface area contributed by atoms with Crippen LogP contribution in [0.1, 0.15) is 31.2 Å². The van der Waals surface area contributed by atoms with Crippen LogP contribution in [0.3, 0.4) is 0 Å². The zero-order chi connectivity index (χ0) is 12.8. The van der Waals surface area contributed by atoms with E-state index in [1.165, 1.54) is 25.7 Å². The first-order chi connectivity index (χ1) is 8.81. The highest BCUT2D eigenvalue weighted by atomic mass is 15.1. The molecule has 1 fully saturated rings. The number of likely N-dealkylation sites (N-methyl/N-ethyl adjacent to an activating group) is 1. The number of anilines is 1. The van der Waals surface area contributed by atoms with E-state index in [4.69, 9.17) is 5.26 Å². The van der Waals surface area contributed by atoms with Gasteiger partial charge in [-0.15, -0.1) is 0 Å². The largest absolute Gasteiger partial charge is 0.381 e. The Morgan fingerprint density at radius 3 is 3.00 bits per heavy atom. The van der Waals surface area contributed by atoms with Crippen molar-refractivity contribution < 1.29 is 0 Å². The lowest BCUT2D eigenvalue weighted by molar-refractivity contribution is 0.254. The van der Waals surface area contributed by atoms with Gasteiger partial charge in [-0.2, -0.15) is 5.26 Å². The van der Waals surface area contributed by atoms with Crippen LogP contribution in [0.2, 0.25) is 0 Å². The lowest BCUT2D eigenvalue weighted by atomic mass is 10.2. The SMILES string of the molecule is CN(CCNc1cnccc1C#N)C1CCCC1. The molecule has 4 nitrogen and oxygen atoms in total. The van der Waals surface area contributed by atoms with Gasteiger partial charge in [0.2, 0.25) is 0 Å². The molecule has 1 heterocycles. The number of aromatic nitrogens is 1. The first-order valence-electron chi connectivity index (χ1n) is 6.59. The van der Waals surface area contributed by atoms with Crippen LogP contribution in [0.15, 0.2) is 18.5 Å². The van der Waals surface area contributed by atoms with E-state index < -0.39 is 0 Å². The monoisotopic (exact) mass is 244 g/mol. The van der Waals surface area contributed by atoms with Crippen LogP contribution < -0.4 is 5.32 Å². The fraction of sp³-hybridized carbons (Fsp3) is 0.571. The molecule has 0 atom stereocenters. The average Bonchev–Trinajstić information content (AvgIpc) is 2.93. The molecule has 1 N–H and O–H groups in total.